The summed E-state index contributed by atoms with van der Waals surface area (Å²) in [5.74, 6) is 0. The molecule has 0 N–H and O–H groups in total. The summed E-state index contributed by atoms with van der Waals surface area (Å²) in [5.41, 5.74) is 1.35. The third-order valence-electron chi connectivity index (χ3n) is 2.53. The highest BCUT2D eigenvalue weighted by atomic mass is 14.9. The maximum Gasteiger partial charge on any atom is 0.171 e. The molecule has 0 spiro atoms. The van der Waals surface area contributed by atoms with E-state index < -0.39 is 0 Å². The number of hydrogen-bond acceptors (Lipinski definition) is 1. The van der Waals surface area contributed by atoms with Crippen LogP contribution >= 0.6 is 0 Å². The normalized spacial score (nSPS) is 9.25. The van der Waals surface area contributed by atoms with Crippen molar-refractivity contribution >= 4 is 0 Å². The van der Waals surface area contributed by atoms with Crippen molar-refractivity contribution in [1.82, 2.24) is 0 Å². The van der Waals surface area contributed by atoms with Gasteiger partial charge in [0.05, 0.1) is 0 Å². The van der Waals surface area contributed by atoms with Crippen molar-refractivity contribution in [1.29, 1.82) is 5.26 Å². The largest absolute Gasteiger partial charge is 0.512 e. The van der Waals surface area contributed by atoms with Crippen molar-refractivity contribution < 1.29 is 4.57 Å². The number of unbranched alkanes of at least 4 members (excludes halogenated alkanes) is 4. The molecule has 2 heteroatoms. The molecule has 0 aliphatic heterocycles. The Hall–Kier alpha value is -1.36. The van der Waals surface area contributed by atoms with E-state index in [-0.39, 0.29) is 0 Å². The van der Waals surface area contributed by atoms with Gasteiger partial charge in [0, 0.05) is 18.1 Å². The van der Waals surface area contributed by atoms with Crippen molar-refractivity contribution in [2.75, 3.05) is 0 Å². The molecule has 0 fully saturated rings. The van der Waals surface area contributed by atoms with Gasteiger partial charge in [-0.2, -0.15) is 0 Å². The fourth-order valence-corrected chi connectivity index (χ4v) is 1.69. The lowest BCUT2D eigenvalue weighted by Crippen LogP contribution is -2.32. The molecular weight excluding hydrogens is 196 g/mol. The summed E-state index contributed by atoms with van der Waals surface area (Å²) in [6.07, 6.45) is 11.2. The Morgan fingerprint density at radius 1 is 1.19 bits per heavy atom. The van der Waals surface area contributed by atoms with Crippen molar-refractivity contribution in [3.8, 4) is 0 Å². The molecule has 0 unspecified atom stereocenters. The molecule has 0 radical (unpaired) electrons. The van der Waals surface area contributed by atoms with Gasteiger partial charge in [-0.1, -0.05) is 26.2 Å². The fourth-order valence-electron chi connectivity index (χ4n) is 1.69. The summed E-state index contributed by atoms with van der Waals surface area (Å²) in [4.78, 5) is 0. The molecule has 1 aromatic heterocycles. The molecule has 1 heterocycles. The van der Waals surface area contributed by atoms with Crippen LogP contribution in [0.2, 0.25) is 0 Å². The first-order valence-corrected chi connectivity index (χ1v) is 6.01. The minimum atomic E-state index is 1.17. The molecule has 0 saturated carbocycles. The van der Waals surface area contributed by atoms with E-state index in [1.54, 1.807) is 0 Å². The highest BCUT2D eigenvalue weighted by Crippen LogP contribution is 2.02. The zero-order valence-electron chi connectivity index (χ0n) is 10.4. The smallest absolute Gasteiger partial charge is 0.171 e. The van der Waals surface area contributed by atoms with E-state index in [4.69, 9.17) is 11.8 Å². The van der Waals surface area contributed by atoms with Crippen LogP contribution in [0.1, 0.15) is 44.6 Å². The van der Waals surface area contributed by atoms with Gasteiger partial charge in [-0.05, 0) is 19.4 Å². The van der Waals surface area contributed by atoms with Crippen molar-refractivity contribution in [3.63, 3.8) is 0 Å². The number of aryl methyl sites for hydroxylation is 2. The molecule has 0 saturated heterocycles. The summed E-state index contributed by atoms with van der Waals surface area (Å²) in [6.45, 7) is 10.3. The molecule has 2 nitrogen and oxygen atoms in total. The van der Waals surface area contributed by atoms with Crippen LogP contribution in [0.5, 0.6) is 0 Å². The van der Waals surface area contributed by atoms with Crippen molar-refractivity contribution in [2.24, 2.45) is 0 Å². The van der Waals surface area contributed by atoms with E-state index >= 15 is 0 Å². The number of aromatic nitrogens is 1. The average molecular weight is 218 g/mol. The zero-order chi connectivity index (χ0) is 12.2. The van der Waals surface area contributed by atoms with Crippen LogP contribution in [0.3, 0.4) is 0 Å². The second-order valence-corrected chi connectivity index (χ2v) is 4.03. The Bertz CT molecular complexity index is 292. The Labute approximate surface area is 99.5 Å². The van der Waals surface area contributed by atoms with Gasteiger partial charge in [0.15, 0.2) is 12.4 Å². The number of hydrogen-bond donors (Lipinski definition) is 0. The summed E-state index contributed by atoms with van der Waals surface area (Å²) in [6, 6.07) is 4.27. The Balaban J connectivity index is 0.00000106. The number of rotatable bonds is 6. The quantitative estimate of drug-likeness (QED) is 0.409. The zero-order valence-corrected chi connectivity index (χ0v) is 10.4. The predicted octanol–water partition coefficient (Wildman–Crippen LogP) is 3.35. The van der Waals surface area contributed by atoms with Gasteiger partial charge in [-0.25, -0.2) is 4.57 Å². The van der Waals surface area contributed by atoms with Crippen LogP contribution in [-0.2, 0) is 6.54 Å². The van der Waals surface area contributed by atoms with E-state index in [9.17, 15) is 0 Å². The molecule has 0 atom stereocenters. The Kier molecular flexibility index (Phi) is 9.30. The summed E-state index contributed by atoms with van der Waals surface area (Å²) in [7, 11) is 0. The maximum atomic E-state index is 6.25. The molecular formula is C14H22N2. The van der Waals surface area contributed by atoms with Gasteiger partial charge in [0.25, 0.3) is 0 Å². The second-order valence-electron chi connectivity index (χ2n) is 4.03. The van der Waals surface area contributed by atoms with Gasteiger partial charge in [-0.15, -0.1) is 0 Å². The van der Waals surface area contributed by atoms with Crippen LogP contribution in [0.4, 0.5) is 0 Å². The van der Waals surface area contributed by atoms with E-state index in [0.717, 1.165) is 0 Å². The summed E-state index contributed by atoms with van der Waals surface area (Å²) in [5, 5.41) is 6.25. The van der Waals surface area contributed by atoms with Gasteiger partial charge in [0.2, 0.25) is 0 Å². The van der Waals surface area contributed by atoms with Crippen LogP contribution in [0.15, 0.2) is 24.5 Å². The second kappa shape index (κ2) is 10.2. The highest BCUT2D eigenvalue weighted by molar-refractivity contribution is 5.01. The molecule has 1 aromatic rings. The lowest BCUT2D eigenvalue weighted by Gasteiger charge is -1.98. The molecule has 0 amide bonds. The Morgan fingerprint density at radius 2 is 1.88 bits per heavy atom. The number of pyridine rings is 1. The standard InChI is InChI=1S/C13H22N.CN/c1-3-4-5-6-7-10-14-11-8-9-13(2)12-14;1-2/h8-9,11-12H,3-7,10H2,1-2H3;/q+1;-1. The average Bonchev–Trinajstić information content (AvgIpc) is 2.32. The van der Waals surface area contributed by atoms with Gasteiger partial charge < -0.3 is 11.8 Å². The monoisotopic (exact) mass is 218 g/mol. The third kappa shape index (κ3) is 7.00. The van der Waals surface area contributed by atoms with Gasteiger partial charge >= 0.3 is 0 Å². The van der Waals surface area contributed by atoms with E-state index in [1.165, 1.54) is 44.2 Å². The van der Waals surface area contributed by atoms with Crippen LogP contribution in [0, 0.1) is 18.8 Å². The Morgan fingerprint density at radius 3 is 2.50 bits per heavy atom. The first kappa shape index (κ1) is 14.6. The van der Waals surface area contributed by atoms with Crippen LogP contribution in [-0.4, -0.2) is 0 Å². The molecule has 88 valence electrons. The minimum absolute atomic E-state index is 1.17. The molecule has 0 aliphatic carbocycles. The fraction of sp³-hybridized carbons (Fsp3) is 0.571. The van der Waals surface area contributed by atoms with Crippen LogP contribution < -0.4 is 4.57 Å². The predicted molar refractivity (Wildman–Crippen MR) is 65.1 cm³/mol. The lowest BCUT2D eigenvalue weighted by molar-refractivity contribution is -0.697. The van der Waals surface area contributed by atoms with Crippen molar-refractivity contribution in [3.05, 3.63) is 36.7 Å². The first-order valence-electron chi connectivity index (χ1n) is 6.01. The maximum absolute atomic E-state index is 6.25. The molecule has 16 heavy (non-hydrogen) atoms. The lowest BCUT2D eigenvalue weighted by atomic mass is 10.1. The van der Waals surface area contributed by atoms with Gasteiger partial charge in [-0.3, -0.25) is 0 Å². The van der Waals surface area contributed by atoms with E-state index in [1.807, 2.05) is 0 Å². The van der Waals surface area contributed by atoms with E-state index in [2.05, 4.69) is 42.9 Å². The molecule has 0 aromatic carbocycles. The highest BCUT2D eigenvalue weighted by Gasteiger charge is 1.99. The van der Waals surface area contributed by atoms with E-state index in [0.29, 0.717) is 0 Å². The number of nitrogens with zero attached hydrogens (tertiary/aromatic N) is 2. The van der Waals surface area contributed by atoms with Crippen LogP contribution in [0.25, 0.3) is 0 Å². The first-order chi connectivity index (χ1) is 7.83. The topological polar surface area (TPSA) is 27.7 Å². The molecule has 0 bridgehead atoms. The summed E-state index contributed by atoms with van der Waals surface area (Å²) < 4.78 is 2.29. The minimum Gasteiger partial charge on any atom is -0.512 e. The SMILES string of the molecule is CCCCCCC[n+]1cccc(C)c1.[C-]#N. The molecule has 0 aliphatic rings. The summed E-state index contributed by atoms with van der Waals surface area (Å²) >= 11 is 0. The van der Waals surface area contributed by atoms with Crippen molar-refractivity contribution in [2.45, 2.75) is 52.5 Å². The third-order valence-corrected chi connectivity index (χ3v) is 2.53. The molecule has 1 rings (SSSR count). The van der Waals surface area contributed by atoms with Gasteiger partial charge in [0.1, 0.15) is 6.54 Å².